The van der Waals surface area contributed by atoms with E-state index in [1.165, 1.54) is 44.9 Å². The maximum absolute atomic E-state index is 12.3. The maximum atomic E-state index is 12.3. The Morgan fingerprint density at radius 1 is 0.833 bits per heavy atom. The van der Waals surface area contributed by atoms with Gasteiger partial charge in [0.1, 0.15) is 6.10 Å². The van der Waals surface area contributed by atoms with E-state index in [1.807, 2.05) is 31.2 Å². The molecule has 0 aliphatic rings. The zero-order valence-electron chi connectivity index (χ0n) is 16.0. The van der Waals surface area contributed by atoms with E-state index in [1.54, 1.807) is 0 Å². The molecule has 2 heteroatoms. The monoisotopic (exact) mass is 332 g/mol. The number of rotatable bonds is 13. The molecule has 0 saturated heterocycles. The second-order valence-electron chi connectivity index (χ2n) is 6.95. The molecule has 0 saturated carbocycles. The van der Waals surface area contributed by atoms with Crippen molar-refractivity contribution in [2.45, 2.75) is 97.5 Å². The number of ether oxygens (including phenoxy) is 1. The summed E-state index contributed by atoms with van der Waals surface area (Å²) in [7, 11) is 0. The van der Waals surface area contributed by atoms with Gasteiger partial charge in [0.2, 0.25) is 0 Å². The quantitative estimate of drug-likeness (QED) is 0.291. The van der Waals surface area contributed by atoms with Crippen LogP contribution < -0.4 is 0 Å². The molecule has 0 amide bonds. The highest BCUT2D eigenvalue weighted by molar-refractivity contribution is 5.89. The van der Waals surface area contributed by atoms with Gasteiger partial charge >= 0.3 is 5.97 Å². The third-order valence-corrected chi connectivity index (χ3v) is 4.57. The van der Waals surface area contributed by atoms with E-state index in [2.05, 4.69) is 13.8 Å². The minimum Gasteiger partial charge on any atom is -0.459 e. The predicted molar refractivity (Wildman–Crippen MR) is 103 cm³/mol. The summed E-state index contributed by atoms with van der Waals surface area (Å²) in [4.78, 5) is 12.3. The van der Waals surface area contributed by atoms with Crippen molar-refractivity contribution >= 4 is 5.97 Å². The Bertz CT molecular complexity index is 436. The Morgan fingerprint density at radius 2 is 1.38 bits per heavy atom. The molecule has 1 rings (SSSR count). The molecule has 136 valence electrons. The zero-order chi connectivity index (χ0) is 17.6. The van der Waals surface area contributed by atoms with Gasteiger partial charge in [-0.2, -0.15) is 0 Å². The van der Waals surface area contributed by atoms with E-state index in [4.69, 9.17) is 4.74 Å². The number of benzene rings is 1. The van der Waals surface area contributed by atoms with E-state index in [9.17, 15) is 4.79 Å². The van der Waals surface area contributed by atoms with Crippen LogP contribution >= 0.6 is 0 Å². The normalized spacial score (nSPS) is 12.1. The summed E-state index contributed by atoms with van der Waals surface area (Å²) in [6.45, 7) is 6.47. The van der Waals surface area contributed by atoms with Crippen LogP contribution in [0.25, 0.3) is 0 Å². The number of unbranched alkanes of at least 4 members (excludes halogenated alkanes) is 7. The van der Waals surface area contributed by atoms with Gasteiger partial charge < -0.3 is 4.74 Å². The van der Waals surface area contributed by atoms with Crippen LogP contribution in [0.4, 0.5) is 0 Å². The van der Waals surface area contributed by atoms with Crippen molar-refractivity contribution in [1.82, 2.24) is 0 Å². The van der Waals surface area contributed by atoms with E-state index in [0.717, 1.165) is 31.2 Å². The molecule has 1 unspecified atom stereocenters. The molecule has 0 spiro atoms. The smallest absolute Gasteiger partial charge is 0.338 e. The van der Waals surface area contributed by atoms with Crippen LogP contribution in [0, 0.1) is 6.92 Å². The van der Waals surface area contributed by atoms with E-state index >= 15 is 0 Å². The van der Waals surface area contributed by atoms with Crippen LogP contribution in [0.2, 0.25) is 0 Å². The number of carbonyl (C=O) groups is 1. The first-order valence-electron chi connectivity index (χ1n) is 9.95. The Labute approximate surface area is 149 Å². The Hall–Kier alpha value is -1.31. The minimum atomic E-state index is -0.168. The number of hydrogen-bond acceptors (Lipinski definition) is 2. The van der Waals surface area contributed by atoms with E-state index < -0.39 is 0 Å². The molecule has 1 aromatic carbocycles. The molecule has 0 fully saturated rings. The first-order chi connectivity index (χ1) is 11.7. The van der Waals surface area contributed by atoms with Gasteiger partial charge in [-0.05, 0) is 38.3 Å². The Kier molecular flexibility index (Phi) is 11.3. The fourth-order valence-electron chi connectivity index (χ4n) is 2.93. The van der Waals surface area contributed by atoms with Crippen LogP contribution in [0.1, 0.15) is 100 Å². The van der Waals surface area contributed by atoms with Crippen molar-refractivity contribution in [3.8, 4) is 0 Å². The standard InChI is InChI=1S/C22H36O2/c1-4-6-8-9-10-11-12-14-21(13-7-5-2)24-22(23)20-17-15-19(3)16-18-20/h15-18,21H,4-14H2,1-3H3. The fourth-order valence-corrected chi connectivity index (χ4v) is 2.93. The molecule has 24 heavy (non-hydrogen) atoms. The molecule has 2 nitrogen and oxygen atoms in total. The van der Waals surface area contributed by atoms with E-state index in [-0.39, 0.29) is 12.1 Å². The first kappa shape index (κ1) is 20.7. The summed E-state index contributed by atoms with van der Waals surface area (Å²) < 4.78 is 5.78. The van der Waals surface area contributed by atoms with Crippen molar-refractivity contribution < 1.29 is 9.53 Å². The molecule has 0 aliphatic carbocycles. The van der Waals surface area contributed by atoms with Gasteiger partial charge in [-0.25, -0.2) is 4.79 Å². The van der Waals surface area contributed by atoms with E-state index in [0.29, 0.717) is 5.56 Å². The van der Waals surface area contributed by atoms with Gasteiger partial charge in [0.25, 0.3) is 0 Å². The molecule has 0 heterocycles. The zero-order valence-corrected chi connectivity index (χ0v) is 16.0. The number of esters is 1. The highest BCUT2D eigenvalue weighted by Crippen LogP contribution is 2.17. The van der Waals surface area contributed by atoms with Crippen LogP contribution in [-0.4, -0.2) is 12.1 Å². The molecule has 1 aromatic rings. The first-order valence-corrected chi connectivity index (χ1v) is 9.95. The average molecular weight is 333 g/mol. The summed E-state index contributed by atoms with van der Waals surface area (Å²) in [6.07, 6.45) is 13.4. The molecule has 0 aromatic heterocycles. The lowest BCUT2D eigenvalue weighted by Gasteiger charge is -2.18. The Morgan fingerprint density at radius 3 is 2.00 bits per heavy atom. The van der Waals surface area contributed by atoms with Gasteiger partial charge in [0.05, 0.1) is 5.56 Å². The minimum absolute atomic E-state index is 0.0781. The lowest BCUT2D eigenvalue weighted by atomic mass is 10.0. The predicted octanol–water partition coefficient (Wildman–Crippen LogP) is 6.85. The lowest BCUT2D eigenvalue weighted by Crippen LogP contribution is -2.18. The van der Waals surface area contributed by atoms with Crippen molar-refractivity contribution in [3.63, 3.8) is 0 Å². The number of aryl methyl sites for hydroxylation is 1. The summed E-state index contributed by atoms with van der Waals surface area (Å²) in [5.74, 6) is -0.168. The molecule has 0 bridgehead atoms. The maximum Gasteiger partial charge on any atom is 0.338 e. The molecule has 1 atom stereocenters. The van der Waals surface area contributed by atoms with Gasteiger partial charge in [0.15, 0.2) is 0 Å². The molecular formula is C22H36O2. The largest absolute Gasteiger partial charge is 0.459 e. The van der Waals surface area contributed by atoms with Crippen molar-refractivity contribution in [2.75, 3.05) is 0 Å². The second-order valence-corrected chi connectivity index (χ2v) is 6.95. The number of carbonyl (C=O) groups excluding carboxylic acids is 1. The third-order valence-electron chi connectivity index (χ3n) is 4.57. The van der Waals surface area contributed by atoms with Gasteiger partial charge in [0, 0.05) is 0 Å². The van der Waals surface area contributed by atoms with Crippen molar-refractivity contribution in [1.29, 1.82) is 0 Å². The van der Waals surface area contributed by atoms with Crippen molar-refractivity contribution in [3.05, 3.63) is 35.4 Å². The Balaban J connectivity index is 2.35. The highest BCUT2D eigenvalue weighted by atomic mass is 16.5. The summed E-state index contributed by atoms with van der Waals surface area (Å²) >= 11 is 0. The molecular weight excluding hydrogens is 296 g/mol. The lowest BCUT2D eigenvalue weighted by molar-refractivity contribution is 0.0250. The third kappa shape index (κ3) is 9.10. The highest BCUT2D eigenvalue weighted by Gasteiger charge is 2.15. The van der Waals surface area contributed by atoms with Crippen LogP contribution in [0.3, 0.4) is 0 Å². The van der Waals surface area contributed by atoms with Crippen LogP contribution in [0.15, 0.2) is 24.3 Å². The van der Waals surface area contributed by atoms with Crippen molar-refractivity contribution in [2.24, 2.45) is 0 Å². The second kappa shape index (κ2) is 13.0. The van der Waals surface area contributed by atoms with Gasteiger partial charge in [-0.1, -0.05) is 82.9 Å². The molecule has 0 aliphatic heterocycles. The van der Waals surface area contributed by atoms with Crippen LogP contribution in [0.5, 0.6) is 0 Å². The summed E-state index contributed by atoms with van der Waals surface area (Å²) in [6, 6.07) is 7.66. The van der Waals surface area contributed by atoms with Gasteiger partial charge in [-0.3, -0.25) is 0 Å². The molecule has 0 N–H and O–H groups in total. The van der Waals surface area contributed by atoms with Crippen LogP contribution in [-0.2, 0) is 4.74 Å². The topological polar surface area (TPSA) is 26.3 Å². The average Bonchev–Trinajstić information content (AvgIpc) is 2.59. The summed E-state index contributed by atoms with van der Waals surface area (Å²) in [5, 5.41) is 0. The van der Waals surface area contributed by atoms with Gasteiger partial charge in [-0.15, -0.1) is 0 Å². The fraction of sp³-hybridized carbons (Fsp3) is 0.682. The SMILES string of the molecule is CCCCCCCCCC(CCCC)OC(=O)c1ccc(C)cc1. The number of hydrogen-bond donors (Lipinski definition) is 0. The summed E-state index contributed by atoms with van der Waals surface area (Å²) in [5.41, 5.74) is 1.83. The molecule has 0 radical (unpaired) electrons.